The number of Topliss-reactive ketones (excluding diaryl/α,β-unsaturated/α-hetero) is 1. The van der Waals surface area contributed by atoms with Crippen molar-refractivity contribution in [3.05, 3.63) is 23.8 Å². The van der Waals surface area contributed by atoms with Crippen molar-refractivity contribution in [2.24, 2.45) is 5.92 Å². The number of benzene rings is 1. The van der Waals surface area contributed by atoms with Crippen molar-refractivity contribution in [1.82, 2.24) is 0 Å². The lowest BCUT2D eigenvalue weighted by Gasteiger charge is -2.15. The summed E-state index contributed by atoms with van der Waals surface area (Å²) in [7, 11) is 3.07. The van der Waals surface area contributed by atoms with Crippen molar-refractivity contribution in [2.45, 2.75) is 25.4 Å². The van der Waals surface area contributed by atoms with Crippen LogP contribution in [0.3, 0.4) is 0 Å². The highest BCUT2D eigenvalue weighted by Crippen LogP contribution is 2.33. The van der Waals surface area contributed by atoms with Crippen LogP contribution in [0.2, 0.25) is 0 Å². The number of carbonyl (C=O) groups excluding carboxylic acids is 1. The predicted octanol–water partition coefficient (Wildman–Crippen LogP) is 2.31. The molecule has 1 aliphatic heterocycles. The number of nitriles is 1. The number of rotatable bonds is 5. The SMILES string of the molecule is COc1ccc(C(C#N)C(=O)C2COC(C)C2)cc1OC. The molecule has 0 aliphatic carbocycles. The first-order valence-electron chi connectivity index (χ1n) is 6.87. The van der Waals surface area contributed by atoms with Crippen molar-refractivity contribution < 1.29 is 19.0 Å². The maximum Gasteiger partial charge on any atom is 0.161 e. The van der Waals surface area contributed by atoms with Crippen molar-refractivity contribution >= 4 is 5.78 Å². The van der Waals surface area contributed by atoms with Crippen molar-refractivity contribution in [3.8, 4) is 17.6 Å². The summed E-state index contributed by atoms with van der Waals surface area (Å²) in [5.74, 6) is -0.0159. The van der Waals surface area contributed by atoms with E-state index in [0.29, 0.717) is 30.1 Å². The van der Waals surface area contributed by atoms with Crippen LogP contribution in [-0.2, 0) is 9.53 Å². The molecule has 0 aromatic heterocycles. The standard InChI is InChI=1S/C16H19NO4/c1-10-6-12(9-21-10)16(18)13(8-17)11-4-5-14(19-2)15(7-11)20-3/h4-5,7,10,12-13H,6,9H2,1-3H3. The second-order valence-electron chi connectivity index (χ2n) is 5.16. The number of ether oxygens (including phenoxy) is 3. The molecule has 1 heterocycles. The molecular weight excluding hydrogens is 270 g/mol. The van der Waals surface area contributed by atoms with E-state index in [1.54, 1.807) is 25.3 Å². The molecule has 3 atom stereocenters. The molecule has 1 aromatic rings. The van der Waals surface area contributed by atoms with Gasteiger partial charge >= 0.3 is 0 Å². The van der Waals surface area contributed by atoms with E-state index in [1.807, 2.05) is 6.92 Å². The van der Waals surface area contributed by atoms with E-state index in [-0.39, 0.29) is 17.8 Å². The van der Waals surface area contributed by atoms with Crippen LogP contribution in [0.1, 0.15) is 24.8 Å². The van der Waals surface area contributed by atoms with E-state index in [0.717, 1.165) is 0 Å². The summed E-state index contributed by atoms with van der Waals surface area (Å²) in [6.07, 6.45) is 0.744. The zero-order valence-corrected chi connectivity index (χ0v) is 12.5. The van der Waals surface area contributed by atoms with Crippen molar-refractivity contribution in [3.63, 3.8) is 0 Å². The van der Waals surface area contributed by atoms with Gasteiger partial charge in [-0.3, -0.25) is 4.79 Å². The largest absolute Gasteiger partial charge is 0.493 e. The summed E-state index contributed by atoms with van der Waals surface area (Å²) in [5.41, 5.74) is 0.625. The minimum absolute atomic E-state index is 0.0729. The van der Waals surface area contributed by atoms with Gasteiger partial charge in [0.05, 0.1) is 33.0 Å². The topological polar surface area (TPSA) is 68.5 Å². The minimum atomic E-state index is -0.802. The van der Waals surface area contributed by atoms with Crippen LogP contribution < -0.4 is 9.47 Å². The third kappa shape index (κ3) is 3.17. The van der Waals surface area contributed by atoms with Gasteiger partial charge in [-0.25, -0.2) is 0 Å². The Labute approximate surface area is 124 Å². The second kappa shape index (κ2) is 6.59. The highest BCUT2D eigenvalue weighted by molar-refractivity contribution is 5.90. The normalized spacial score (nSPS) is 22.4. The lowest BCUT2D eigenvalue weighted by atomic mass is 9.87. The van der Waals surface area contributed by atoms with Gasteiger partial charge in [-0.1, -0.05) is 6.07 Å². The fourth-order valence-electron chi connectivity index (χ4n) is 2.59. The lowest BCUT2D eigenvalue weighted by Crippen LogP contribution is -2.21. The molecule has 0 spiro atoms. The Bertz CT molecular complexity index is 564. The molecule has 1 aliphatic rings. The molecule has 0 bridgehead atoms. The van der Waals surface area contributed by atoms with E-state index in [4.69, 9.17) is 14.2 Å². The molecule has 3 unspecified atom stereocenters. The van der Waals surface area contributed by atoms with Crippen molar-refractivity contribution in [1.29, 1.82) is 5.26 Å². The lowest BCUT2D eigenvalue weighted by molar-refractivity contribution is -0.123. The average molecular weight is 289 g/mol. The zero-order chi connectivity index (χ0) is 15.4. The van der Waals surface area contributed by atoms with Crippen LogP contribution >= 0.6 is 0 Å². The molecule has 2 rings (SSSR count). The van der Waals surface area contributed by atoms with Crippen LogP contribution in [0.4, 0.5) is 0 Å². The Morgan fingerprint density at radius 3 is 2.62 bits per heavy atom. The maximum atomic E-state index is 12.5. The molecule has 0 N–H and O–H groups in total. The second-order valence-corrected chi connectivity index (χ2v) is 5.16. The van der Waals surface area contributed by atoms with Gasteiger partial charge in [0.2, 0.25) is 0 Å². The first-order valence-corrected chi connectivity index (χ1v) is 6.87. The molecule has 5 nitrogen and oxygen atoms in total. The van der Waals surface area contributed by atoms with Gasteiger partial charge in [-0.05, 0) is 31.0 Å². The summed E-state index contributed by atoms with van der Waals surface area (Å²) in [4.78, 5) is 12.5. The Hall–Kier alpha value is -2.06. The van der Waals surface area contributed by atoms with Crippen LogP contribution in [0.5, 0.6) is 11.5 Å². The van der Waals surface area contributed by atoms with E-state index in [9.17, 15) is 10.1 Å². The Kier molecular flexibility index (Phi) is 4.81. The third-order valence-electron chi connectivity index (χ3n) is 3.76. The van der Waals surface area contributed by atoms with Gasteiger partial charge in [0, 0.05) is 5.92 Å². The smallest absolute Gasteiger partial charge is 0.161 e. The monoisotopic (exact) mass is 289 g/mol. The number of methoxy groups -OCH3 is 2. The molecule has 112 valence electrons. The molecule has 1 fully saturated rings. The number of ketones is 1. The average Bonchev–Trinajstić information content (AvgIpc) is 2.94. The Morgan fingerprint density at radius 2 is 2.10 bits per heavy atom. The fourth-order valence-corrected chi connectivity index (χ4v) is 2.59. The number of carbonyl (C=O) groups is 1. The molecule has 5 heteroatoms. The molecule has 0 radical (unpaired) electrons. The van der Waals surface area contributed by atoms with Crippen LogP contribution in [-0.4, -0.2) is 32.7 Å². The quantitative estimate of drug-likeness (QED) is 0.832. The highest BCUT2D eigenvalue weighted by Gasteiger charge is 2.34. The summed E-state index contributed by atoms with van der Waals surface area (Å²) in [6.45, 7) is 2.33. The minimum Gasteiger partial charge on any atom is -0.493 e. The summed E-state index contributed by atoms with van der Waals surface area (Å²) < 4.78 is 15.8. The molecule has 21 heavy (non-hydrogen) atoms. The Balaban J connectivity index is 2.25. The number of hydrogen-bond acceptors (Lipinski definition) is 5. The number of nitrogens with zero attached hydrogens (tertiary/aromatic N) is 1. The Morgan fingerprint density at radius 1 is 1.38 bits per heavy atom. The molecular formula is C16H19NO4. The summed E-state index contributed by atoms with van der Waals surface area (Å²) in [5, 5.41) is 9.38. The summed E-state index contributed by atoms with van der Waals surface area (Å²) in [6, 6.07) is 7.22. The third-order valence-corrected chi connectivity index (χ3v) is 3.76. The first-order chi connectivity index (χ1) is 10.1. The van der Waals surface area contributed by atoms with Crippen molar-refractivity contribution in [2.75, 3.05) is 20.8 Å². The maximum absolute atomic E-state index is 12.5. The molecule has 0 saturated carbocycles. The molecule has 1 saturated heterocycles. The molecule has 0 amide bonds. The highest BCUT2D eigenvalue weighted by atomic mass is 16.5. The van der Waals surface area contributed by atoms with Gasteiger partial charge in [0.25, 0.3) is 0 Å². The van der Waals surface area contributed by atoms with Gasteiger partial charge in [-0.2, -0.15) is 5.26 Å². The number of hydrogen-bond donors (Lipinski definition) is 0. The van der Waals surface area contributed by atoms with Crippen LogP contribution in [0.15, 0.2) is 18.2 Å². The molecule has 1 aromatic carbocycles. The van der Waals surface area contributed by atoms with Gasteiger partial charge in [0.1, 0.15) is 5.92 Å². The van der Waals surface area contributed by atoms with Gasteiger partial charge in [-0.15, -0.1) is 0 Å². The zero-order valence-electron chi connectivity index (χ0n) is 12.5. The van der Waals surface area contributed by atoms with E-state index >= 15 is 0 Å². The first kappa shape index (κ1) is 15.3. The summed E-state index contributed by atoms with van der Waals surface area (Å²) >= 11 is 0. The van der Waals surface area contributed by atoms with E-state index < -0.39 is 5.92 Å². The van der Waals surface area contributed by atoms with Crippen LogP contribution in [0, 0.1) is 17.2 Å². The van der Waals surface area contributed by atoms with Crippen LogP contribution in [0.25, 0.3) is 0 Å². The van der Waals surface area contributed by atoms with Gasteiger partial charge < -0.3 is 14.2 Å². The van der Waals surface area contributed by atoms with E-state index in [2.05, 4.69) is 6.07 Å². The van der Waals surface area contributed by atoms with E-state index in [1.165, 1.54) is 7.11 Å². The predicted molar refractivity (Wildman–Crippen MR) is 76.4 cm³/mol. The van der Waals surface area contributed by atoms with Gasteiger partial charge in [0.15, 0.2) is 17.3 Å². The fraction of sp³-hybridized carbons (Fsp3) is 0.500.